The standard InChI is InChI=1S/C21H19N3O3S/c1-3-13(2)24-20(27)16-10-6-7-11-17(16)22-21(24)28-12-23-18(25)14-8-4-5-9-15(14)19(23)26/h4-11,13H,3,12H2,1-2H3. The summed E-state index contributed by atoms with van der Waals surface area (Å²) in [5.41, 5.74) is 1.33. The first-order valence-corrected chi connectivity index (χ1v) is 10.1. The summed E-state index contributed by atoms with van der Waals surface area (Å²) in [5.74, 6) is -0.522. The van der Waals surface area contributed by atoms with Crippen LogP contribution in [-0.2, 0) is 0 Å². The van der Waals surface area contributed by atoms with E-state index >= 15 is 0 Å². The minimum atomic E-state index is -0.314. The van der Waals surface area contributed by atoms with Crippen LogP contribution < -0.4 is 5.56 Å². The molecule has 0 aliphatic carbocycles. The molecule has 1 aliphatic rings. The van der Waals surface area contributed by atoms with Gasteiger partial charge in [-0.1, -0.05) is 43.0 Å². The molecule has 1 aliphatic heterocycles. The minimum absolute atomic E-state index is 0.0470. The van der Waals surface area contributed by atoms with Gasteiger partial charge in [-0.05, 0) is 37.6 Å². The van der Waals surface area contributed by atoms with Gasteiger partial charge < -0.3 is 0 Å². The van der Waals surface area contributed by atoms with Gasteiger partial charge >= 0.3 is 0 Å². The van der Waals surface area contributed by atoms with Gasteiger partial charge in [-0.2, -0.15) is 0 Å². The monoisotopic (exact) mass is 393 g/mol. The van der Waals surface area contributed by atoms with E-state index in [0.717, 1.165) is 6.42 Å². The molecule has 142 valence electrons. The Morgan fingerprint density at radius 2 is 1.57 bits per heavy atom. The Labute approximate surface area is 166 Å². The number of thioether (sulfide) groups is 1. The van der Waals surface area contributed by atoms with Crippen LogP contribution in [0.1, 0.15) is 47.0 Å². The van der Waals surface area contributed by atoms with E-state index in [1.165, 1.54) is 16.7 Å². The first-order chi connectivity index (χ1) is 13.5. The van der Waals surface area contributed by atoms with Crippen LogP contribution in [0, 0.1) is 0 Å². The highest BCUT2D eigenvalue weighted by atomic mass is 32.2. The predicted octanol–water partition coefficient (Wildman–Crippen LogP) is 3.71. The van der Waals surface area contributed by atoms with Crippen LogP contribution in [0.4, 0.5) is 0 Å². The molecule has 0 saturated heterocycles. The molecule has 0 spiro atoms. The van der Waals surface area contributed by atoms with Crippen molar-refractivity contribution in [1.29, 1.82) is 0 Å². The Hall–Kier alpha value is -2.93. The summed E-state index contributed by atoms with van der Waals surface area (Å²) in [6.07, 6.45) is 0.764. The lowest BCUT2D eigenvalue weighted by atomic mass is 10.1. The van der Waals surface area contributed by atoms with Gasteiger partial charge in [0.15, 0.2) is 5.16 Å². The van der Waals surface area contributed by atoms with Crippen molar-refractivity contribution in [2.24, 2.45) is 0 Å². The van der Waals surface area contributed by atoms with Gasteiger partial charge in [-0.15, -0.1) is 0 Å². The third-order valence-corrected chi connectivity index (χ3v) is 5.94. The maximum Gasteiger partial charge on any atom is 0.262 e. The summed E-state index contributed by atoms with van der Waals surface area (Å²) in [6.45, 7) is 3.97. The van der Waals surface area contributed by atoms with Gasteiger partial charge in [0.1, 0.15) is 0 Å². The van der Waals surface area contributed by atoms with Crippen LogP contribution in [0.25, 0.3) is 10.9 Å². The molecule has 7 heteroatoms. The summed E-state index contributed by atoms with van der Waals surface area (Å²) in [7, 11) is 0. The molecule has 0 bridgehead atoms. The van der Waals surface area contributed by atoms with Crippen molar-refractivity contribution in [1.82, 2.24) is 14.5 Å². The van der Waals surface area contributed by atoms with E-state index < -0.39 is 0 Å². The molecule has 0 radical (unpaired) electrons. The third-order valence-electron chi connectivity index (χ3n) is 5.01. The Morgan fingerprint density at radius 3 is 2.21 bits per heavy atom. The molecule has 6 nitrogen and oxygen atoms in total. The molecule has 2 heterocycles. The Bertz CT molecular complexity index is 1120. The molecule has 0 fully saturated rings. The van der Waals surface area contributed by atoms with Crippen LogP contribution >= 0.6 is 11.8 Å². The van der Waals surface area contributed by atoms with E-state index in [0.29, 0.717) is 27.2 Å². The van der Waals surface area contributed by atoms with Crippen LogP contribution in [0.3, 0.4) is 0 Å². The van der Waals surface area contributed by atoms with Crippen molar-refractivity contribution in [2.75, 3.05) is 5.88 Å². The number of amides is 2. The first kappa shape index (κ1) is 18.4. The molecule has 0 N–H and O–H groups in total. The summed E-state index contributed by atoms with van der Waals surface area (Å²) in [4.78, 5) is 44.0. The van der Waals surface area contributed by atoms with Gasteiger partial charge in [0.05, 0.1) is 27.9 Å². The fraction of sp³-hybridized carbons (Fsp3) is 0.238. The molecule has 1 aromatic heterocycles. The van der Waals surface area contributed by atoms with Gasteiger partial charge in [-0.3, -0.25) is 23.9 Å². The zero-order chi connectivity index (χ0) is 19.8. The van der Waals surface area contributed by atoms with E-state index in [2.05, 4.69) is 4.98 Å². The molecule has 1 atom stereocenters. The van der Waals surface area contributed by atoms with E-state index in [9.17, 15) is 14.4 Å². The number of carbonyl (C=O) groups excluding carboxylic acids is 2. The van der Waals surface area contributed by atoms with Crippen molar-refractivity contribution in [3.05, 3.63) is 70.0 Å². The maximum atomic E-state index is 13.0. The van der Waals surface area contributed by atoms with Crippen LogP contribution in [0.5, 0.6) is 0 Å². The van der Waals surface area contributed by atoms with Gasteiger partial charge in [0.2, 0.25) is 0 Å². The van der Waals surface area contributed by atoms with Gasteiger partial charge in [0, 0.05) is 6.04 Å². The molecule has 1 unspecified atom stereocenters. The smallest absolute Gasteiger partial charge is 0.262 e. The Morgan fingerprint density at radius 1 is 0.964 bits per heavy atom. The Kier molecular flexibility index (Phi) is 4.77. The first-order valence-electron chi connectivity index (χ1n) is 9.12. The lowest BCUT2D eigenvalue weighted by Gasteiger charge is -2.20. The second-order valence-electron chi connectivity index (χ2n) is 6.70. The molecule has 28 heavy (non-hydrogen) atoms. The Balaban J connectivity index is 1.70. The number of hydrogen-bond donors (Lipinski definition) is 0. The molecule has 2 aromatic carbocycles. The van der Waals surface area contributed by atoms with E-state index in [-0.39, 0.29) is 29.3 Å². The van der Waals surface area contributed by atoms with E-state index in [1.807, 2.05) is 26.0 Å². The molecule has 0 saturated carbocycles. The SMILES string of the molecule is CCC(C)n1c(SCN2C(=O)c3ccccc3C2=O)nc2ccccc2c1=O. The highest BCUT2D eigenvalue weighted by molar-refractivity contribution is 7.99. The number of fused-ring (bicyclic) bond motifs is 2. The van der Waals surface area contributed by atoms with Gasteiger partial charge in [-0.25, -0.2) is 4.98 Å². The van der Waals surface area contributed by atoms with Crippen LogP contribution in [-0.4, -0.2) is 32.1 Å². The highest BCUT2D eigenvalue weighted by Crippen LogP contribution is 2.28. The zero-order valence-electron chi connectivity index (χ0n) is 15.6. The topological polar surface area (TPSA) is 72.3 Å². The fourth-order valence-electron chi connectivity index (χ4n) is 3.28. The second kappa shape index (κ2) is 7.24. The maximum absolute atomic E-state index is 13.0. The quantitative estimate of drug-likeness (QED) is 0.375. The highest BCUT2D eigenvalue weighted by Gasteiger charge is 2.35. The fourth-order valence-corrected chi connectivity index (χ4v) is 4.32. The van der Waals surface area contributed by atoms with Crippen molar-refractivity contribution in [2.45, 2.75) is 31.5 Å². The number of aromatic nitrogens is 2. The lowest BCUT2D eigenvalue weighted by Crippen LogP contribution is -2.31. The zero-order valence-corrected chi connectivity index (χ0v) is 16.4. The summed E-state index contributed by atoms with van der Waals surface area (Å²) < 4.78 is 1.66. The number of rotatable bonds is 5. The molecular weight excluding hydrogens is 374 g/mol. The number of hydrogen-bond acceptors (Lipinski definition) is 5. The summed E-state index contributed by atoms with van der Waals surface area (Å²) in [5, 5.41) is 1.07. The second-order valence-corrected chi connectivity index (χ2v) is 7.61. The van der Waals surface area contributed by atoms with Crippen LogP contribution in [0.2, 0.25) is 0 Å². The van der Waals surface area contributed by atoms with Crippen molar-refractivity contribution >= 4 is 34.5 Å². The minimum Gasteiger partial charge on any atom is -0.284 e. The van der Waals surface area contributed by atoms with Crippen molar-refractivity contribution < 1.29 is 9.59 Å². The van der Waals surface area contributed by atoms with Crippen molar-refractivity contribution in [3.63, 3.8) is 0 Å². The number of nitrogens with zero attached hydrogens (tertiary/aromatic N) is 3. The molecule has 2 amide bonds. The number of imide groups is 1. The van der Waals surface area contributed by atoms with Crippen molar-refractivity contribution in [3.8, 4) is 0 Å². The predicted molar refractivity (Wildman–Crippen MR) is 109 cm³/mol. The lowest BCUT2D eigenvalue weighted by molar-refractivity contribution is 0.0684. The van der Waals surface area contributed by atoms with E-state index in [4.69, 9.17) is 0 Å². The molecule has 4 rings (SSSR count). The number of carbonyl (C=O) groups is 2. The largest absolute Gasteiger partial charge is 0.284 e. The summed E-state index contributed by atoms with van der Waals surface area (Å²) >= 11 is 1.23. The normalized spacial score (nSPS) is 14.6. The average molecular weight is 393 g/mol. The van der Waals surface area contributed by atoms with E-state index in [1.54, 1.807) is 41.0 Å². The average Bonchev–Trinajstić information content (AvgIpc) is 2.96. The number of para-hydroxylation sites is 1. The van der Waals surface area contributed by atoms with Crippen LogP contribution in [0.15, 0.2) is 58.5 Å². The van der Waals surface area contributed by atoms with Gasteiger partial charge in [0.25, 0.3) is 17.4 Å². The number of benzene rings is 2. The molecule has 3 aromatic rings. The summed E-state index contributed by atoms with van der Waals surface area (Å²) in [6, 6.07) is 14.0. The molecular formula is C21H19N3O3S. The third kappa shape index (κ3) is 2.92.